The van der Waals surface area contributed by atoms with Crippen LogP contribution in [-0.4, -0.2) is 39.8 Å². The first kappa shape index (κ1) is 13.5. The molecule has 1 aromatic rings. The monoisotopic (exact) mass is 267 g/mol. The number of aromatic nitrogens is 1. The van der Waals surface area contributed by atoms with Crippen molar-refractivity contribution in [2.45, 2.75) is 26.4 Å². The molecule has 0 amide bonds. The summed E-state index contributed by atoms with van der Waals surface area (Å²) in [5.74, 6) is 2.56. The smallest absolute Gasteiger partial charge is 0.133 e. The summed E-state index contributed by atoms with van der Waals surface area (Å²) in [5, 5.41) is 3.42. The van der Waals surface area contributed by atoms with Crippen LogP contribution in [0.2, 0.25) is 0 Å². The van der Waals surface area contributed by atoms with Gasteiger partial charge in [-0.15, -0.1) is 0 Å². The third-order valence-electron chi connectivity index (χ3n) is 3.05. The van der Waals surface area contributed by atoms with E-state index in [0.29, 0.717) is 6.04 Å². The number of hydrogen-bond acceptors (Lipinski definition) is 4. The highest BCUT2D eigenvalue weighted by Crippen LogP contribution is 2.18. The van der Waals surface area contributed by atoms with Crippen LogP contribution >= 0.6 is 0 Å². The Kier molecular flexibility index (Phi) is 4.72. The molecule has 1 aromatic heterocycles. The Labute approximate surface area is 111 Å². The minimum Gasteiger partial charge on any atom is -0.355 e. The number of nitrogens with zero attached hydrogens (tertiary/aromatic N) is 2. The van der Waals surface area contributed by atoms with Gasteiger partial charge in [-0.05, 0) is 6.07 Å². The van der Waals surface area contributed by atoms with Crippen molar-refractivity contribution in [3.63, 3.8) is 0 Å². The predicted octanol–water partition coefficient (Wildman–Crippen LogP) is 1.15. The van der Waals surface area contributed by atoms with Gasteiger partial charge in [-0.3, -0.25) is 4.21 Å². The third-order valence-corrected chi connectivity index (χ3v) is 4.32. The lowest BCUT2D eigenvalue weighted by Crippen LogP contribution is -2.39. The fourth-order valence-electron chi connectivity index (χ4n) is 2.02. The Balaban J connectivity index is 2.09. The number of pyridine rings is 1. The van der Waals surface area contributed by atoms with Crippen molar-refractivity contribution in [2.24, 2.45) is 0 Å². The molecule has 5 heteroatoms. The number of anilines is 1. The highest BCUT2D eigenvalue weighted by molar-refractivity contribution is 7.85. The Bertz CT molecular complexity index is 412. The molecule has 1 N–H and O–H groups in total. The quantitative estimate of drug-likeness (QED) is 0.889. The summed E-state index contributed by atoms with van der Waals surface area (Å²) in [5.41, 5.74) is 1.22. The zero-order valence-corrected chi connectivity index (χ0v) is 11.9. The number of rotatable bonds is 4. The summed E-state index contributed by atoms with van der Waals surface area (Å²) in [6.45, 7) is 6.80. The van der Waals surface area contributed by atoms with Gasteiger partial charge < -0.3 is 10.2 Å². The second-order valence-corrected chi connectivity index (χ2v) is 6.55. The molecule has 0 aliphatic carbocycles. The summed E-state index contributed by atoms with van der Waals surface area (Å²) >= 11 is 0. The third kappa shape index (κ3) is 3.53. The molecule has 0 aromatic carbocycles. The van der Waals surface area contributed by atoms with E-state index in [1.165, 1.54) is 5.56 Å². The zero-order valence-electron chi connectivity index (χ0n) is 11.1. The molecule has 0 radical (unpaired) electrons. The largest absolute Gasteiger partial charge is 0.355 e. The minimum atomic E-state index is -0.637. The molecule has 1 aliphatic rings. The first-order valence-electron chi connectivity index (χ1n) is 6.44. The lowest BCUT2D eigenvalue weighted by atomic mass is 10.2. The lowest BCUT2D eigenvalue weighted by Gasteiger charge is -2.29. The van der Waals surface area contributed by atoms with Crippen LogP contribution in [0.5, 0.6) is 0 Å². The molecule has 0 unspecified atom stereocenters. The van der Waals surface area contributed by atoms with Crippen LogP contribution in [0.25, 0.3) is 0 Å². The van der Waals surface area contributed by atoms with E-state index >= 15 is 0 Å². The average Bonchev–Trinajstić information content (AvgIpc) is 2.38. The van der Waals surface area contributed by atoms with Gasteiger partial charge in [0.15, 0.2) is 0 Å². The summed E-state index contributed by atoms with van der Waals surface area (Å²) in [6, 6.07) is 4.55. The van der Waals surface area contributed by atoms with Crippen molar-refractivity contribution in [1.82, 2.24) is 10.3 Å². The van der Waals surface area contributed by atoms with Gasteiger partial charge in [-0.2, -0.15) is 0 Å². The Morgan fingerprint density at radius 2 is 2.17 bits per heavy atom. The number of nitrogens with one attached hydrogen (secondary N) is 1. The van der Waals surface area contributed by atoms with Crippen molar-refractivity contribution in [3.05, 3.63) is 23.9 Å². The number of hydrogen-bond donors (Lipinski definition) is 1. The van der Waals surface area contributed by atoms with Crippen LogP contribution in [0, 0.1) is 0 Å². The van der Waals surface area contributed by atoms with Crippen LogP contribution in [0.3, 0.4) is 0 Å². The summed E-state index contributed by atoms with van der Waals surface area (Å²) in [7, 11) is -0.637. The van der Waals surface area contributed by atoms with Gasteiger partial charge in [0.25, 0.3) is 0 Å². The minimum absolute atomic E-state index is 0.465. The van der Waals surface area contributed by atoms with Crippen molar-refractivity contribution < 1.29 is 4.21 Å². The maximum absolute atomic E-state index is 11.4. The lowest BCUT2D eigenvalue weighted by molar-refractivity contribution is 0.586. The molecule has 100 valence electrons. The van der Waals surface area contributed by atoms with Crippen molar-refractivity contribution in [3.8, 4) is 0 Å². The molecule has 0 saturated carbocycles. The first-order chi connectivity index (χ1) is 8.66. The van der Waals surface area contributed by atoms with Crippen LogP contribution < -0.4 is 10.2 Å². The molecular formula is C13H21N3OS. The highest BCUT2D eigenvalue weighted by Gasteiger charge is 2.18. The maximum atomic E-state index is 11.4. The molecule has 1 saturated heterocycles. The Morgan fingerprint density at radius 3 is 2.83 bits per heavy atom. The molecule has 0 spiro atoms. The van der Waals surface area contributed by atoms with Gasteiger partial charge >= 0.3 is 0 Å². The van der Waals surface area contributed by atoms with Crippen LogP contribution in [-0.2, 0) is 17.3 Å². The molecule has 4 nitrogen and oxygen atoms in total. The van der Waals surface area contributed by atoms with Gasteiger partial charge in [-0.1, -0.05) is 19.9 Å². The molecule has 0 bridgehead atoms. The summed E-state index contributed by atoms with van der Waals surface area (Å²) in [4.78, 5) is 6.74. The van der Waals surface area contributed by atoms with Crippen molar-refractivity contribution in [1.29, 1.82) is 0 Å². The standard InChI is InChI=1S/C13H21N3OS/c1-11(2)15-10-12-4-3-5-14-13(12)16-6-8-18(17)9-7-16/h3-5,11,15H,6-10H2,1-2H3. The van der Waals surface area contributed by atoms with Gasteiger partial charge in [0, 0.05) is 59.7 Å². The normalized spacial score (nSPS) is 17.4. The zero-order chi connectivity index (χ0) is 13.0. The topological polar surface area (TPSA) is 45.2 Å². The second kappa shape index (κ2) is 6.29. The second-order valence-electron chi connectivity index (χ2n) is 4.86. The van der Waals surface area contributed by atoms with Crippen LogP contribution in [0.15, 0.2) is 18.3 Å². The van der Waals surface area contributed by atoms with E-state index in [4.69, 9.17) is 0 Å². The van der Waals surface area contributed by atoms with E-state index in [-0.39, 0.29) is 0 Å². The van der Waals surface area contributed by atoms with Crippen LogP contribution in [0.4, 0.5) is 5.82 Å². The van der Waals surface area contributed by atoms with E-state index in [9.17, 15) is 4.21 Å². The van der Waals surface area contributed by atoms with E-state index in [0.717, 1.165) is 37.0 Å². The van der Waals surface area contributed by atoms with E-state index in [2.05, 4.69) is 35.1 Å². The fraction of sp³-hybridized carbons (Fsp3) is 0.615. The molecular weight excluding hydrogens is 246 g/mol. The summed E-state index contributed by atoms with van der Waals surface area (Å²) in [6.07, 6.45) is 1.83. The summed E-state index contributed by atoms with van der Waals surface area (Å²) < 4.78 is 11.4. The van der Waals surface area contributed by atoms with E-state index < -0.39 is 10.8 Å². The van der Waals surface area contributed by atoms with Crippen molar-refractivity contribution in [2.75, 3.05) is 29.5 Å². The molecule has 1 fully saturated rings. The fourth-order valence-corrected chi connectivity index (χ4v) is 3.07. The first-order valence-corrected chi connectivity index (χ1v) is 7.93. The Morgan fingerprint density at radius 1 is 1.44 bits per heavy atom. The van der Waals surface area contributed by atoms with Gasteiger partial charge in [-0.25, -0.2) is 4.98 Å². The van der Waals surface area contributed by atoms with Crippen molar-refractivity contribution >= 4 is 16.6 Å². The van der Waals surface area contributed by atoms with Gasteiger partial charge in [0.2, 0.25) is 0 Å². The van der Waals surface area contributed by atoms with Gasteiger partial charge in [0.1, 0.15) is 5.82 Å². The molecule has 2 heterocycles. The average molecular weight is 267 g/mol. The predicted molar refractivity (Wildman–Crippen MR) is 76.3 cm³/mol. The molecule has 2 rings (SSSR count). The van der Waals surface area contributed by atoms with Gasteiger partial charge in [0.05, 0.1) is 0 Å². The molecule has 1 aliphatic heterocycles. The van der Waals surface area contributed by atoms with E-state index in [1.54, 1.807) is 0 Å². The van der Waals surface area contributed by atoms with Crippen LogP contribution in [0.1, 0.15) is 19.4 Å². The SMILES string of the molecule is CC(C)NCc1cccnc1N1CCS(=O)CC1. The highest BCUT2D eigenvalue weighted by atomic mass is 32.2. The molecule has 18 heavy (non-hydrogen) atoms. The Hall–Kier alpha value is -0.940. The molecule has 0 atom stereocenters. The van der Waals surface area contributed by atoms with E-state index in [1.807, 2.05) is 12.3 Å². The maximum Gasteiger partial charge on any atom is 0.133 e.